The Morgan fingerprint density at radius 2 is 1.16 bits per heavy atom. The number of halogens is 1. The summed E-state index contributed by atoms with van der Waals surface area (Å²) in [5, 5.41) is 19.6. The minimum atomic E-state index is -3.31. The monoisotopic (exact) mass is 758 g/mol. The Morgan fingerprint density at radius 3 is 1.53 bits per heavy atom. The molecule has 0 radical (unpaired) electrons. The lowest BCUT2D eigenvalue weighted by atomic mass is 9.91. The molecule has 0 spiro atoms. The molecule has 2 aliphatic carbocycles. The van der Waals surface area contributed by atoms with Crippen molar-refractivity contribution in [2.45, 2.75) is 76.0 Å². The lowest BCUT2D eigenvalue weighted by Crippen LogP contribution is -2.30. The van der Waals surface area contributed by atoms with Crippen molar-refractivity contribution >= 4 is 41.1 Å². The fourth-order valence-corrected chi connectivity index (χ4v) is 9.04. The van der Waals surface area contributed by atoms with Gasteiger partial charge in [0.1, 0.15) is 0 Å². The number of hydrogen-bond acceptors (Lipinski definition) is 9. The highest BCUT2D eigenvalue weighted by molar-refractivity contribution is 8.13. The van der Waals surface area contributed by atoms with Crippen molar-refractivity contribution in [2.24, 2.45) is 23.7 Å². The van der Waals surface area contributed by atoms with Gasteiger partial charge in [-0.2, -0.15) is 10.5 Å². The first kappa shape index (κ1) is 40.9. The van der Waals surface area contributed by atoms with E-state index in [9.17, 15) is 27.4 Å². The van der Waals surface area contributed by atoms with Crippen LogP contribution in [-0.2, 0) is 29.9 Å². The van der Waals surface area contributed by atoms with E-state index in [0.717, 1.165) is 62.0 Å². The Kier molecular flexibility index (Phi) is 13.9. The van der Waals surface area contributed by atoms with E-state index in [-0.39, 0.29) is 5.41 Å². The van der Waals surface area contributed by atoms with Gasteiger partial charge in [-0.15, -0.1) is 0 Å². The molecule has 0 bridgehead atoms. The number of anilines is 2. The summed E-state index contributed by atoms with van der Waals surface area (Å²) < 4.78 is 44.2. The van der Waals surface area contributed by atoms with Crippen molar-refractivity contribution in [2.75, 3.05) is 62.2 Å². The third-order valence-electron chi connectivity index (χ3n) is 10.9. The minimum absolute atomic E-state index is 0.255. The Balaban J connectivity index is 0.000000204. The van der Waals surface area contributed by atoms with Crippen LogP contribution in [0, 0.1) is 46.3 Å². The molecular formula is C38H55ClN6O4S2. The highest BCUT2D eigenvalue weighted by Crippen LogP contribution is 2.64. The van der Waals surface area contributed by atoms with Crippen LogP contribution < -0.4 is 10.5 Å². The molecule has 6 rings (SSSR count). The fraction of sp³-hybridized carbons (Fsp3) is 0.632. The number of nitrogens with one attached hydrogen (secondary N) is 1. The van der Waals surface area contributed by atoms with Gasteiger partial charge >= 0.3 is 0 Å². The summed E-state index contributed by atoms with van der Waals surface area (Å²) in [5.41, 5.74) is 8.58. The number of nitrogens with two attached hydrogens (primary N) is 1. The van der Waals surface area contributed by atoms with Crippen molar-refractivity contribution in [3.8, 4) is 12.1 Å². The van der Waals surface area contributed by atoms with Gasteiger partial charge in [-0.25, -0.2) is 16.8 Å². The molecule has 51 heavy (non-hydrogen) atoms. The molecular weight excluding hydrogens is 704 g/mol. The Hall–Kier alpha value is -2.87. The van der Waals surface area contributed by atoms with Gasteiger partial charge in [0.05, 0.1) is 35.5 Å². The average Bonchev–Trinajstić information content (AvgIpc) is 3.64. The summed E-state index contributed by atoms with van der Waals surface area (Å²) in [6, 6.07) is 20.4. The number of nitriles is 2. The standard InChI is InChI=1S/C19H27N3O2S.C18H25N3.CH3ClO2S/c1-3-4-5-6-10-22-12-17-18(13-22)19(17,14-20)15-8-7-9-16(11-15)21-25(2,23)24;1-2-3-4-5-9-21-11-16-17(12-21)18(16,13-19)14-7-6-8-15(20)10-14;1-5(2,3)4/h7-9,11,17-18,21H,3-6,10,12-13H2,1-2H3;6-8,10,16-17H,2-5,9,11-12,20H2,1H3;1H3/t17-,18+,19?;16-,17+,18?;. The fourth-order valence-electron chi connectivity index (χ4n) is 8.48. The van der Waals surface area contributed by atoms with Gasteiger partial charge in [0.2, 0.25) is 19.1 Å². The molecule has 280 valence electrons. The lowest BCUT2D eigenvalue weighted by molar-refractivity contribution is 0.279. The quantitative estimate of drug-likeness (QED) is 0.128. The van der Waals surface area contributed by atoms with Crippen LogP contribution in [0.5, 0.6) is 0 Å². The predicted molar refractivity (Wildman–Crippen MR) is 206 cm³/mol. The van der Waals surface area contributed by atoms with E-state index in [0.29, 0.717) is 29.4 Å². The molecule has 2 aromatic carbocycles. The highest BCUT2D eigenvalue weighted by Gasteiger charge is 2.70. The highest BCUT2D eigenvalue weighted by atomic mass is 35.7. The van der Waals surface area contributed by atoms with Gasteiger partial charge in [-0.1, -0.05) is 76.6 Å². The zero-order valence-electron chi connectivity index (χ0n) is 30.5. The Bertz CT molecular complexity index is 1760. The molecule has 4 aliphatic rings. The van der Waals surface area contributed by atoms with Crippen LogP contribution in [0.1, 0.15) is 76.3 Å². The molecule has 6 atom stereocenters. The van der Waals surface area contributed by atoms with Crippen molar-refractivity contribution in [1.29, 1.82) is 10.5 Å². The predicted octanol–water partition coefficient (Wildman–Crippen LogP) is 6.32. The second kappa shape index (κ2) is 17.3. The molecule has 3 N–H and O–H groups in total. The number of benzene rings is 2. The third kappa shape index (κ3) is 10.4. The average molecular weight is 759 g/mol. The van der Waals surface area contributed by atoms with Crippen molar-refractivity contribution in [1.82, 2.24) is 9.80 Å². The summed E-state index contributed by atoms with van der Waals surface area (Å²) in [4.78, 5) is 5.03. The maximum Gasteiger partial charge on any atom is 0.229 e. The van der Waals surface area contributed by atoms with Gasteiger partial charge in [0, 0.05) is 71.9 Å². The number of rotatable bonds is 14. The molecule has 0 aromatic heterocycles. The summed E-state index contributed by atoms with van der Waals surface area (Å²) >= 11 is 0. The Morgan fingerprint density at radius 1 is 0.745 bits per heavy atom. The molecule has 2 aliphatic heterocycles. The molecule has 2 unspecified atom stereocenters. The molecule has 4 fully saturated rings. The topological polar surface area (TPSA) is 160 Å². The molecule has 2 aromatic rings. The van der Waals surface area contributed by atoms with Crippen LogP contribution in [0.3, 0.4) is 0 Å². The minimum Gasteiger partial charge on any atom is -0.399 e. The number of sulfonamides is 1. The molecule has 2 heterocycles. The van der Waals surface area contributed by atoms with Crippen molar-refractivity contribution in [3.05, 3.63) is 59.7 Å². The van der Waals surface area contributed by atoms with Crippen LogP contribution in [-0.4, -0.2) is 78.4 Å². The van der Waals surface area contributed by atoms with Crippen LogP contribution in [0.2, 0.25) is 0 Å². The number of nitrogens with zero attached hydrogens (tertiary/aromatic N) is 4. The van der Waals surface area contributed by atoms with Crippen LogP contribution in [0.4, 0.5) is 11.4 Å². The van der Waals surface area contributed by atoms with Crippen LogP contribution in [0.25, 0.3) is 0 Å². The van der Waals surface area contributed by atoms with E-state index < -0.39 is 24.5 Å². The van der Waals surface area contributed by atoms with E-state index in [1.54, 1.807) is 6.07 Å². The molecule has 0 amide bonds. The van der Waals surface area contributed by atoms with E-state index in [4.69, 9.17) is 5.73 Å². The van der Waals surface area contributed by atoms with Crippen LogP contribution in [0.15, 0.2) is 48.5 Å². The van der Waals surface area contributed by atoms with Crippen LogP contribution >= 0.6 is 10.7 Å². The van der Waals surface area contributed by atoms with Gasteiger partial charge in [-0.05, 0) is 61.3 Å². The second-order valence-electron chi connectivity index (χ2n) is 14.8. The van der Waals surface area contributed by atoms with E-state index in [1.165, 1.54) is 57.9 Å². The molecule has 13 heteroatoms. The maximum absolute atomic E-state index is 11.4. The van der Waals surface area contributed by atoms with Gasteiger partial charge in [0.25, 0.3) is 0 Å². The summed E-state index contributed by atoms with van der Waals surface area (Å²) in [7, 11) is -2.00. The second-order valence-corrected chi connectivity index (χ2v) is 19.6. The van der Waals surface area contributed by atoms with Gasteiger partial charge in [0.15, 0.2) is 0 Å². The summed E-state index contributed by atoms with van der Waals surface area (Å²) in [5.74, 6) is 1.76. The molecule has 2 saturated carbocycles. The molecule has 2 saturated heterocycles. The SMILES string of the molecule is CCCCCCN1C[C@@H]2[C@H](C1)C2(C#N)c1cccc(N)c1.CCCCCCN1C[C@@H]2[C@H](C1)C2(C#N)c1cccc(NS(C)(=O)=O)c1.CS(=O)(=O)Cl. The van der Waals surface area contributed by atoms with Crippen molar-refractivity contribution in [3.63, 3.8) is 0 Å². The summed E-state index contributed by atoms with van der Waals surface area (Å²) in [6.45, 7) is 10.9. The number of likely N-dealkylation sites (tertiary alicyclic amines) is 2. The largest absolute Gasteiger partial charge is 0.399 e. The third-order valence-corrected chi connectivity index (χ3v) is 11.6. The number of piperidine rings is 2. The number of fused-ring (bicyclic) bond motifs is 2. The van der Waals surface area contributed by atoms with E-state index >= 15 is 0 Å². The first-order chi connectivity index (χ1) is 24.1. The number of hydrogen-bond donors (Lipinski definition) is 2. The van der Waals surface area contributed by atoms with Gasteiger partial charge < -0.3 is 15.5 Å². The summed E-state index contributed by atoms with van der Waals surface area (Å²) in [6.07, 6.45) is 12.4. The van der Waals surface area contributed by atoms with E-state index in [2.05, 4.69) is 57.3 Å². The smallest absolute Gasteiger partial charge is 0.229 e. The Labute approximate surface area is 310 Å². The zero-order chi connectivity index (χ0) is 37.5. The molecule has 10 nitrogen and oxygen atoms in total. The first-order valence-electron chi connectivity index (χ1n) is 18.2. The normalized spacial score (nSPS) is 27.7. The van der Waals surface area contributed by atoms with Crippen molar-refractivity contribution < 1.29 is 16.8 Å². The van der Waals surface area contributed by atoms with E-state index in [1.807, 2.05) is 36.4 Å². The lowest BCUT2D eigenvalue weighted by Gasteiger charge is -2.23. The first-order valence-corrected chi connectivity index (χ1v) is 22.8. The number of nitrogen functional groups attached to an aromatic ring is 1. The zero-order valence-corrected chi connectivity index (χ0v) is 32.9. The maximum atomic E-state index is 11.4. The van der Waals surface area contributed by atoms with Gasteiger partial charge in [-0.3, -0.25) is 4.72 Å². The number of unbranched alkanes of at least 4 members (excludes halogenated alkanes) is 6.